The summed E-state index contributed by atoms with van der Waals surface area (Å²) in [6.07, 6.45) is 2.13. The minimum atomic E-state index is -1.10. The van der Waals surface area contributed by atoms with E-state index in [4.69, 9.17) is 9.47 Å². The Hall–Kier alpha value is -4.66. The van der Waals surface area contributed by atoms with Crippen molar-refractivity contribution >= 4 is 23.7 Å². The molecule has 1 saturated heterocycles. The molecule has 0 saturated carbocycles. The number of esters is 1. The third kappa shape index (κ3) is 7.19. The predicted octanol–water partition coefficient (Wildman–Crippen LogP) is 5.13. The molecule has 9 heteroatoms. The molecule has 3 atom stereocenters. The molecule has 2 aliphatic rings. The maximum atomic E-state index is 14.4. The Kier molecular flexibility index (Phi) is 10.0. The van der Waals surface area contributed by atoms with Crippen molar-refractivity contribution in [3.05, 3.63) is 101 Å². The van der Waals surface area contributed by atoms with Gasteiger partial charge in [0.25, 0.3) is 5.91 Å². The standard InChI is InChI=1S/C38H45N3O6/c1-25(35(44)47-37(2,3)4)39-36(45)38(26-13-7-6-8-14-26)22-19-29(28-15-9-11-17-31(28)38)34(43)41-23-20-27(21-24-41)40-33(42)30-16-10-12-18-32(30)46-5/h6-18,25,27,29H,19-24H2,1-5H3,(H,39,45)(H,40,42)/t25-,29+,38-/m1/s1. The summed E-state index contributed by atoms with van der Waals surface area (Å²) < 4.78 is 10.9. The average Bonchev–Trinajstić information content (AvgIpc) is 3.07. The zero-order chi connectivity index (χ0) is 33.8. The quantitative estimate of drug-likeness (QED) is 0.331. The number of carbonyl (C=O) groups excluding carboxylic acids is 4. The monoisotopic (exact) mass is 639 g/mol. The van der Waals surface area contributed by atoms with Crippen LogP contribution in [0.4, 0.5) is 0 Å². The van der Waals surface area contributed by atoms with Crippen molar-refractivity contribution in [2.75, 3.05) is 20.2 Å². The number of methoxy groups -OCH3 is 1. The fourth-order valence-corrected chi connectivity index (χ4v) is 6.82. The highest BCUT2D eigenvalue weighted by Gasteiger charge is 2.49. The molecule has 0 radical (unpaired) electrons. The topological polar surface area (TPSA) is 114 Å². The van der Waals surface area contributed by atoms with E-state index in [-0.39, 0.29) is 23.8 Å². The molecule has 0 unspecified atom stereocenters. The summed E-state index contributed by atoms with van der Waals surface area (Å²) in [5.41, 5.74) is 1.09. The van der Waals surface area contributed by atoms with Gasteiger partial charge in [0.15, 0.2) is 0 Å². The van der Waals surface area contributed by atoms with Crippen LogP contribution in [0.15, 0.2) is 78.9 Å². The fourth-order valence-electron chi connectivity index (χ4n) is 6.82. The molecule has 1 aliphatic heterocycles. The molecule has 1 fully saturated rings. The number of hydrogen-bond acceptors (Lipinski definition) is 6. The number of carbonyl (C=O) groups is 4. The lowest BCUT2D eigenvalue weighted by Crippen LogP contribution is -2.54. The van der Waals surface area contributed by atoms with Crippen LogP contribution in [0.5, 0.6) is 5.75 Å². The lowest BCUT2D eigenvalue weighted by atomic mass is 9.62. The van der Waals surface area contributed by atoms with Crippen LogP contribution in [0.1, 0.15) is 86.3 Å². The van der Waals surface area contributed by atoms with Gasteiger partial charge in [-0.25, -0.2) is 4.79 Å². The summed E-state index contributed by atoms with van der Waals surface area (Å²) in [6, 6.07) is 23.4. The van der Waals surface area contributed by atoms with E-state index in [1.165, 1.54) is 0 Å². The number of piperidine rings is 1. The number of hydrogen-bond donors (Lipinski definition) is 2. The highest BCUT2D eigenvalue weighted by Crippen LogP contribution is 2.48. The van der Waals surface area contributed by atoms with Crippen LogP contribution in [0, 0.1) is 0 Å². The SMILES string of the molecule is COc1ccccc1C(=O)NC1CCN(C(=O)[C@H]2CC[C@@](C(=O)N[C@H](C)C(=O)OC(C)(C)C)(c3ccccc3)c3ccccc32)CC1. The van der Waals surface area contributed by atoms with Gasteiger partial charge in [-0.3, -0.25) is 14.4 Å². The van der Waals surface area contributed by atoms with Crippen molar-refractivity contribution in [2.24, 2.45) is 0 Å². The molecule has 3 aromatic rings. The minimum absolute atomic E-state index is 0.0242. The summed E-state index contributed by atoms with van der Waals surface area (Å²) in [6.45, 7) is 8.05. The summed E-state index contributed by atoms with van der Waals surface area (Å²) >= 11 is 0. The first-order valence-corrected chi connectivity index (χ1v) is 16.4. The molecular weight excluding hydrogens is 594 g/mol. The number of benzene rings is 3. The number of likely N-dealkylation sites (tertiary alicyclic amines) is 1. The Labute approximate surface area is 277 Å². The van der Waals surface area contributed by atoms with Crippen LogP contribution in [0.2, 0.25) is 0 Å². The number of ether oxygens (including phenoxy) is 2. The van der Waals surface area contributed by atoms with Crippen molar-refractivity contribution in [1.29, 1.82) is 0 Å². The van der Waals surface area contributed by atoms with Crippen LogP contribution in [0.3, 0.4) is 0 Å². The van der Waals surface area contributed by atoms with Crippen molar-refractivity contribution in [2.45, 2.75) is 82.4 Å². The van der Waals surface area contributed by atoms with Crippen LogP contribution in [0.25, 0.3) is 0 Å². The van der Waals surface area contributed by atoms with Crippen molar-refractivity contribution in [3.63, 3.8) is 0 Å². The van der Waals surface area contributed by atoms with Crippen molar-refractivity contribution < 1.29 is 28.7 Å². The Morgan fingerprint density at radius 3 is 2.19 bits per heavy atom. The van der Waals surface area contributed by atoms with Gasteiger partial charge in [-0.1, -0.05) is 66.7 Å². The molecule has 9 nitrogen and oxygen atoms in total. The molecule has 0 aromatic heterocycles. The maximum Gasteiger partial charge on any atom is 0.328 e. The van der Waals surface area contributed by atoms with E-state index < -0.39 is 28.9 Å². The van der Waals surface area contributed by atoms with Gasteiger partial charge < -0.3 is 25.0 Å². The zero-order valence-corrected chi connectivity index (χ0v) is 27.9. The Morgan fingerprint density at radius 1 is 0.872 bits per heavy atom. The second-order valence-electron chi connectivity index (χ2n) is 13.5. The zero-order valence-electron chi connectivity index (χ0n) is 27.9. The van der Waals surface area contributed by atoms with E-state index in [9.17, 15) is 19.2 Å². The molecule has 5 rings (SSSR count). The maximum absolute atomic E-state index is 14.4. The van der Waals surface area contributed by atoms with Gasteiger partial charge in [-0.05, 0) is 82.2 Å². The third-order valence-corrected chi connectivity index (χ3v) is 9.16. The number of nitrogens with one attached hydrogen (secondary N) is 2. The van der Waals surface area contributed by atoms with E-state index in [2.05, 4.69) is 10.6 Å². The summed E-state index contributed by atoms with van der Waals surface area (Å²) in [4.78, 5) is 56.2. The molecule has 1 aliphatic carbocycles. The number of rotatable bonds is 8. The number of fused-ring (bicyclic) bond motifs is 1. The van der Waals surface area contributed by atoms with Gasteiger partial charge in [0.2, 0.25) is 11.8 Å². The highest BCUT2D eigenvalue weighted by molar-refractivity contribution is 5.98. The van der Waals surface area contributed by atoms with E-state index in [1.54, 1.807) is 53.0 Å². The lowest BCUT2D eigenvalue weighted by molar-refractivity contribution is -0.158. The van der Waals surface area contributed by atoms with Crippen LogP contribution >= 0.6 is 0 Å². The Morgan fingerprint density at radius 2 is 1.51 bits per heavy atom. The van der Waals surface area contributed by atoms with Gasteiger partial charge in [-0.2, -0.15) is 0 Å². The van der Waals surface area contributed by atoms with Gasteiger partial charge in [0.05, 0.1) is 24.0 Å². The van der Waals surface area contributed by atoms with E-state index >= 15 is 0 Å². The first kappa shape index (κ1) is 33.7. The summed E-state index contributed by atoms with van der Waals surface area (Å²) in [5.74, 6) is -0.867. The largest absolute Gasteiger partial charge is 0.496 e. The fraction of sp³-hybridized carbons (Fsp3) is 0.421. The molecule has 2 N–H and O–H groups in total. The third-order valence-electron chi connectivity index (χ3n) is 9.16. The van der Waals surface area contributed by atoms with Crippen LogP contribution < -0.4 is 15.4 Å². The average molecular weight is 640 g/mol. The molecule has 3 aromatic carbocycles. The molecule has 47 heavy (non-hydrogen) atoms. The van der Waals surface area contributed by atoms with Crippen LogP contribution in [-0.4, -0.2) is 66.5 Å². The van der Waals surface area contributed by atoms with Crippen molar-refractivity contribution in [3.8, 4) is 5.75 Å². The summed E-state index contributed by atoms with van der Waals surface area (Å²) in [7, 11) is 1.54. The first-order chi connectivity index (χ1) is 22.4. The predicted molar refractivity (Wildman–Crippen MR) is 179 cm³/mol. The van der Waals surface area contributed by atoms with E-state index in [1.807, 2.05) is 65.6 Å². The molecule has 3 amide bonds. The van der Waals surface area contributed by atoms with E-state index in [0.29, 0.717) is 50.1 Å². The van der Waals surface area contributed by atoms with Gasteiger partial charge >= 0.3 is 5.97 Å². The van der Waals surface area contributed by atoms with Gasteiger partial charge in [-0.15, -0.1) is 0 Å². The van der Waals surface area contributed by atoms with E-state index in [0.717, 1.165) is 16.7 Å². The number of amides is 3. The van der Waals surface area contributed by atoms with Gasteiger partial charge in [0, 0.05) is 19.1 Å². The molecule has 1 heterocycles. The Balaban J connectivity index is 1.34. The Bertz CT molecular complexity index is 1610. The molecular formula is C38H45N3O6. The molecule has 0 bridgehead atoms. The molecule has 248 valence electrons. The summed E-state index contributed by atoms with van der Waals surface area (Å²) in [5, 5.41) is 6.06. The highest BCUT2D eigenvalue weighted by atomic mass is 16.6. The number of para-hydroxylation sites is 1. The normalized spacial score (nSPS) is 20.4. The second-order valence-corrected chi connectivity index (χ2v) is 13.5. The minimum Gasteiger partial charge on any atom is -0.496 e. The smallest absolute Gasteiger partial charge is 0.328 e. The molecule has 0 spiro atoms. The first-order valence-electron chi connectivity index (χ1n) is 16.4. The second kappa shape index (κ2) is 14.0. The number of nitrogens with zero attached hydrogens (tertiary/aromatic N) is 1. The van der Waals surface area contributed by atoms with Gasteiger partial charge in [0.1, 0.15) is 17.4 Å². The van der Waals surface area contributed by atoms with Crippen LogP contribution in [-0.2, 0) is 24.5 Å². The van der Waals surface area contributed by atoms with Crippen molar-refractivity contribution in [1.82, 2.24) is 15.5 Å². The lowest BCUT2D eigenvalue weighted by Gasteiger charge is -2.43.